The van der Waals surface area contributed by atoms with Crippen LogP contribution in [0.5, 0.6) is 0 Å². The molecule has 0 aliphatic rings. The molecule has 0 atom stereocenters. The highest BCUT2D eigenvalue weighted by Gasteiger charge is 2.07. The zero-order valence-corrected chi connectivity index (χ0v) is 10.7. The van der Waals surface area contributed by atoms with Crippen molar-refractivity contribution in [3.63, 3.8) is 0 Å². The van der Waals surface area contributed by atoms with E-state index >= 15 is 0 Å². The lowest BCUT2D eigenvalue weighted by atomic mass is 10.2. The zero-order valence-electron chi connectivity index (χ0n) is 9.86. The van der Waals surface area contributed by atoms with Crippen molar-refractivity contribution in [2.75, 3.05) is 38.0 Å². The number of carbonyl (C=O) groups excluding carboxylic acids is 1. The van der Waals surface area contributed by atoms with Crippen LogP contribution in [0.1, 0.15) is 10.4 Å². The second-order valence-corrected chi connectivity index (χ2v) is 4.54. The fraction of sp³-hybridized carbons (Fsp3) is 0.455. The van der Waals surface area contributed by atoms with Crippen molar-refractivity contribution in [3.05, 3.63) is 23.9 Å². The van der Waals surface area contributed by atoms with Crippen molar-refractivity contribution in [2.45, 2.75) is 0 Å². The van der Waals surface area contributed by atoms with Gasteiger partial charge in [-0.3, -0.25) is 4.79 Å². The Morgan fingerprint density at radius 3 is 2.75 bits per heavy atom. The number of hydrogen-bond donors (Lipinski definition) is 1. The van der Waals surface area contributed by atoms with Gasteiger partial charge in [-0.1, -0.05) is 0 Å². The van der Waals surface area contributed by atoms with Gasteiger partial charge in [0.25, 0.3) is 5.91 Å². The van der Waals surface area contributed by atoms with E-state index in [0.717, 1.165) is 18.1 Å². The van der Waals surface area contributed by atoms with Gasteiger partial charge in [0.1, 0.15) is 5.82 Å². The number of amides is 1. The van der Waals surface area contributed by atoms with E-state index in [1.807, 2.05) is 6.07 Å². The molecular formula is C11H17N3OS. The van der Waals surface area contributed by atoms with Crippen LogP contribution in [-0.4, -0.2) is 48.4 Å². The van der Waals surface area contributed by atoms with Crippen molar-refractivity contribution in [2.24, 2.45) is 0 Å². The minimum Gasteiger partial charge on any atom is -0.369 e. The van der Waals surface area contributed by atoms with Crippen LogP contribution in [0.25, 0.3) is 0 Å². The van der Waals surface area contributed by atoms with Gasteiger partial charge in [0, 0.05) is 32.6 Å². The van der Waals surface area contributed by atoms with Crippen LogP contribution in [0, 0.1) is 0 Å². The minimum absolute atomic E-state index is 0.0248. The molecular weight excluding hydrogens is 222 g/mol. The molecule has 0 aliphatic carbocycles. The summed E-state index contributed by atoms with van der Waals surface area (Å²) in [5.74, 6) is 1.83. The molecule has 88 valence electrons. The molecule has 0 radical (unpaired) electrons. The van der Waals surface area contributed by atoms with E-state index in [-0.39, 0.29) is 5.91 Å². The van der Waals surface area contributed by atoms with Gasteiger partial charge in [0.15, 0.2) is 0 Å². The van der Waals surface area contributed by atoms with Gasteiger partial charge >= 0.3 is 0 Å². The Morgan fingerprint density at radius 1 is 1.50 bits per heavy atom. The molecule has 0 spiro atoms. The topological polar surface area (TPSA) is 45.2 Å². The summed E-state index contributed by atoms with van der Waals surface area (Å²) in [6.07, 6.45) is 3.66. The first kappa shape index (κ1) is 12.8. The van der Waals surface area contributed by atoms with E-state index in [2.05, 4.69) is 16.6 Å². The number of pyridine rings is 1. The summed E-state index contributed by atoms with van der Waals surface area (Å²) < 4.78 is 0. The highest BCUT2D eigenvalue weighted by atomic mass is 32.2. The van der Waals surface area contributed by atoms with Crippen LogP contribution in [0.4, 0.5) is 5.82 Å². The lowest BCUT2D eigenvalue weighted by Gasteiger charge is -2.10. The predicted octanol–water partition coefficient (Wildman–Crippen LogP) is 1.56. The normalized spacial score (nSPS) is 9.94. The third-order valence-electron chi connectivity index (χ3n) is 2.03. The summed E-state index contributed by atoms with van der Waals surface area (Å²) in [7, 11) is 3.46. The Hall–Kier alpha value is -1.23. The van der Waals surface area contributed by atoms with Crippen LogP contribution >= 0.6 is 11.8 Å². The Balaban J connectivity index is 2.57. The first-order valence-corrected chi connectivity index (χ1v) is 6.45. The molecule has 0 saturated carbocycles. The van der Waals surface area contributed by atoms with Crippen LogP contribution in [0.15, 0.2) is 18.3 Å². The summed E-state index contributed by atoms with van der Waals surface area (Å²) >= 11 is 1.78. The second-order valence-electron chi connectivity index (χ2n) is 3.55. The molecule has 0 saturated heterocycles. The van der Waals surface area contributed by atoms with E-state index in [0.29, 0.717) is 5.56 Å². The van der Waals surface area contributed by atoms with E-state index in [1.54, 1.807) is 38.1 Å². The minimum atomic E-state index is -0.0248. The third kappa shape index (κ3) is 3.73. The maximum Gasteiger partial charge on any atom is 0.254 e. The van der Waals surface area contributed by atoms with E-state index < -0.39 is 0 Å². The van der Waals surface area contributed by atoms with Crippen LogP contribution < -0.4 is 5.32 Å². The molecule has 0 fully saturated rings. The van der Waals surface area contributed by atoms with Crippen LogP contribution in [-0.2, 0) is 0 Å². The van der Waals surface area contributed by atoms with Gasteiger partial charge in [-0.2, -0.15) is 11.8 Å². The number of anilines is 1. The Kier molecular flexibility index (Phi) is 5.11. The summed E-state index contributed by atoms with van der Waals surface area (Å²) in [4.78, 5) is 17.3. The first-order valence-electron chi connectivity index (χ1n) is 5.05. The molecule has 4 nitrogen and oxygen atoms in total. The number of nitrogens with zero attached hydrogens (tertiary/aromatic N) is 2. The maximum atomic E-state index is 11.6. The van der Waals surface area contributed by atoms with Crippen molar-refractivity contribution >= 4 is 23.5 Å². The van der Waals surface area contributed by atoms with Crippen molar-refractivity contribution in [1.29, 1.82) is 0 Å². The van der Waals surface area contributed by atoms with E-state index in [4.69, 9.17) is 0 Å². The highest BCUT2D eigenvalue weighted by Crippen LogP contribution is 2.06. The van der Waals surface area contributed by atoms with Gasteiger partial charge < -0.3 is 10.2 Å². The monoisotopic (exact) mass is 239 g/mol. The molecule has 0 unspecified atom stereocenters. The van der Waals surface area contributed by atoms with Gasteiger partial charge in [-0.15, -0.1) is 0 Å². The summed E-state index contributed by atoms with van der Waals surface area (Å²) in [5.41, 5.74) is 0.611. The molecule has 5 heteroatoms. The van der Waals surface area contributed by atoms with Crippen molar-refractivity contribution < 1.29 is 4.79 Å². The van der Waals surface area contributed by atoms with Gasteiger partial charge in [0.05, 0.1) is 5.56 Å². The molecule has 1 heterocycles. The molecule has 16 heavy (non-hydrogen) atoms. The van der Waals surface area contributed by atoms with Gasteiger partial charge in [-0.25, -0.2) is 4.98 Å². The smallest absolute Gasteiger partial charge is 0.254 e. The number of nitrogens with one attached hydrogen (secondary N) is 1. The Morgan fingerprint density at radius 2 is 2.25 bits per heavy atom. The zero-order chi connectivity index (χ0) is 12.0. The SMILES string of the molecule is CSCCNc1ccc(C(=O)N(C)C)cn1. The van der Waals surface area contributed by atoms with Crippen LogP contribution in [0.2, 0.25) is 0 Å². The maximum absolute atomic E-state index is 11.6. The fourth-order valence-electron chi connectivity index (χ4n) is 1.16. The van der Waals surface area contributed by atoms with Crippen molar-refractivity contribution in [3.8, 4) is 0 Å². The van der Waals surface area contributed by atoms with Crippen LogP contribution in [0.3, 0.4) is 0 Å². The predicted molar refractivity (Wildman–Crippen MR) is 69.1 cm³/mol. The Bertz CT molecular complexity index is 338. The average molecular weight is 239 g/mol. The molecule has 1 amide bonds. The van der Waals surface area contributed by atoms with Gasteiger partial charge in [0.2, 0.25) is 0 Å². The average Bonchev–Trinajstić information content (AvgIpc) is 2.29. The standard InChI is InChI=1S/C11H17N3OS/c1-14(2)11(15)9-4-5-10(13-8-9)12-6-7-16-3/h4-5,8H,6-7H2,1-3H3,(H,12,13). The molecule has 1 aromatic heterocycles. The number of aromatic nitrogens is 1. The van der Waals surface area contributed by atoms with E-state index in [9.17, 15) is 4.79 Å². The lowest BCUT2D eigenvalue weighted by Crippen LogP contribution is -2.21. The number of hydrogen-bond acceptors (Lipinski definition) is 4. The number of rotatable bonds is 5. The first-order chi connectivity index (χ1) is 7.65. The summed E-state index contributed by atoms with van der Waals surface area (Å²) in [5, 5.41) is 3.18. The summed E-state index contributed by atoms with van der Waals surface area (Å²) in [6.45, 7) is 0.884. The van der Waals surface area contributed by atoms with E-state index in [1.165, 1.54) is 4.90 Å². The summed E-state index contributed by atoms with van der Waals surface area (Å²) in [6, 6.07) is 3.62. The van der Waals surface area contributed by atoms with Crippen molar-refractivity contribution in [1.82, 2.24) is 9.88 Å². The quantitative estimate of drug-likeness (QED) is 0.792. The molecule has 0 aliphatic heterocycles. The molecule has 0 aromatic carbocycles. The molecule has 1 N–H and O–H groups in total. The molecule has 0 bridgehead atoms. The highest BCUT2D eigenvalue weighted by molar-refractivity contribution is 7.98. The Labute approximate surface area is 100 Å². The second kappa shape index (κ2) is 6.37. The molecule has 1 aromatic rings. The lowest BCUT2D eigenvalue weighted by molar-refractivity contribution is 0.0827. The number of carbonyl (C=O) groups is 1. The number of thioether (sulfide) groups is 1. The molecule has 1 rings (SSSR count). The largest absolute Gasteiger partial charge is 0.369 e. The van der Waals surface area contributed by atoms with Gasteiger partial charge in [-0.05, 0) is 18.4 Å². The fourth-order valence-corrected chi connectivity index (χ4v) is 1.47. The third-order valence-corrected chi connectivity index (χ3v) is 2.64.